The fourth-order valence-electron chi connectivity index (χ4n) is 2.48. The first kappa shape index (κ1) is 12.5. The van der Waals surface area contributed by atoms with Crippen LogP contribution in [0.4, 0.5) is 4.39 Å². The van der Waals surface area contributed by atoms with Crippen molar-refractivity contribution >= 4 is 0 Å². The number of halogens is 1. The minimum Gasteiger partial charge on any atom is -0.381 e. The van der Waals surface area contributed by atoms with Gasteiger partial charge in [0.05, 0.1) is 6.61 Å². The van der Waals surface area contributed by atoms with Crippen molar-refractivity contribution in [2.24, 2.45) is 5.92 Å². The molecule has 1 saturated heterocycles. The zero-order chi connectivity index (χ0) is 12.1. The Kier molecular flexibility index (Phi) is 4.51. The van der Waals surface area contributed by atoms with Crippen LogP contribution in [0, 0.1) is 11.7 Å². The smallest absolute Gasteiger partial charge is 0.126 e. The molecule has 1 aliphatic heterocycles. The van der Waals surface area contributed by atoms with Gasteiger partial charge in [-0.15, -0.1) is 0 Å². The molecule has 0 radical (unpaired) electrons. The van der Waals surface area contributed by atoms with E-state index in [-0.39, 0.29) is 5.82 Å². The van der Waals surface area contributed by atoms with Crippen LogP contribution < -0.4 is 5.32 Å². The molecule has 2 atom stereocenters. The lowest BCUT2D eigenvalue weighted by Gasteiger charge is -2.32. The van der Waals surface area contributed by atoms with Crippen LogP contribution in [-0.2, 0) is 11.2 Å². The Bertz CT molecular complexity index is 354. The Hall–Kier alpha value is -0.930. The molecule has 94 valence electrons. The molecular weight excluding hydrogens is 217 g/mol. The molecule has 1 aliphatic rings. The van der Waals surface area contributed by atoms with Crippen LogP contribution in [0.5, 0.6) is 0 Å². The minimum atomic E-state index is -0.103. The molecular formula is C14H20FNO. The number of nitrogens with one attached hydrogen (secondary N) is 1. The van der Waals surface area contributed by atoms with E-state index in [4.69, 9.17) is 4.74 Å². The standard InChI is InChI=1S/C14H20FNO/c1-2-16-14-7-8-17-10-12(14)9-11-5-3-4-6-13(11)15/h3-6,12,14,16H,2,7-10H2,1H3. The van der Waals surface area contributed by atoms with Gasteiger partial charge in [0.2, 0.25) is 0 Å². The Morgan fingerprint density at radius 3 is 3.00 bits per heavy atom. The summed E-state index contributed by atoms with van der Waals surface area (Å²) in [6, 6.07) is 7.48. The largest absolute Gasteiger partial charge is 0.381 e. The van der Waals surface area contributed by atoms with E-state index in [0.29, 0.717) is 12.0 Å². The third kappa shape index (κ3) is 3.27. The molecule has 2 unspecified atom stereocenters. The normalized spacial score (nSPS) is 24.8. The summed E-state index contributed by atoms with van der Waals surface area (Å²) >= 11 is 0. The molecule has 0 saturated carbocycles. The van der Waals surface area contributed by atoms with Crippen LogP contribution in [0.2, 0.25) is 0 Å². The molecule has 0 bridgehead atoms. The van der Waals surface area contributed by atoms with Gasteiger partial charge in [-0.2, -0.15) is 0 Å². The van der Waals surface area contributed by atoms with Crippen molar-refractivity contribution in [1.82, 2.24) is 5.32 Å². The average Bonchev–Trinajstić information content (AvgIpc) is 2.35. The number of ether oxygens (including phenoxy) is 1. The van der Waals surface area contributed by atoms with E-state index in [0.717, 1.165) is 38.2 Å². The van der Waals surface area contributed by atoms with Crippen LogP contribution >= 0.6 is 0 Å². The van der Waals surface area contributed by atoms with Crippen molar-refractivity contribution in [3.63, 3.8) is 0 Å². The van der Waals surface area contributed by atoms with Gasteiger partial charge in [-0.25, -0.2) is 4.39 Å². The molecule has 2 rings (SSSR count). The maximum atomic E-state index is 13.6. The van der Waals surface area contributed by atoms with Crippen molar-refractivity contribution in [2.75, 3.05) is 19.8 Å². The Labute approximate surface area is 102 Å². The predicted octanol–water partition coefficient (Wildman–Crippen LogP) is 2.38. The van der Waals surface area contributed by atoms with Crippen molar-refractivity contribution in [2.45, 2.75) is 25.8 Å². The lowest BCUT2D eigenvalue weighted by atomic mass is 9.89. The van der Waals surface area contributed by atoms with Gasteiger partial charge >= 0.3 is 0 Å². The molecule has 17 heavy (non-hydrogen) atoms. The van der Waals surface area contributed by atoms with Gasteiger partial charge < -0.3 is 10.1 Å². The predicted molar refractivity (Wildman–Crippen MR) is 66.5 cm³/mol. The highest BCUT2D eigenvalue weighted by Crippen LogP contribution is 2.21. The second-order valence-electron chi connectivity index (χ2n) is 4.58. The number of hydrogen-bond acceptors (Lipinski definition) is 2. The molecule has 0 spiro atoms. The highest BCUT2D eigenvalue weighted by atomic mass is 19.1. The summed E-state index contributed by atoms with van der Waals surface area (Å²) in [7, 11) is 0. The van der Waals surface area contributed by atoms with Crippen LogP contribution in [-0.4, -0.2) is 25.8 Å². The van der Waals surface area contributed by atoms with Gasteiger partial charge in [0.25, 0.3) is 0 Å². The monoisotopic (exact) mass is 237 g/mol. The van der Waals surface area contributed by atoms with Crippen molar-refractivity contribution in [3.8, 4) is 0 Å². The fourth-order valence-corrected chi connectivity index (χ4v) is 2.48. The number of rotatable bonds is 4. The molecule has 1 N–H and O–H groups in total. The van der Waals surface area contributed by atoms with E-state index in [2.05, 4.69) is 12.2 Å². The third-order valence-corrected chi connectivity index (χ3v) is 3.38. The third-order valence-electron chi connectivity index (χ3n) is 3.38. The van der Waals surface area contributed by atoms with E-state index in [1.165, 1.54) is 6.07 Å². The van der Waals surface area contributed by atoms with Crippen LogP contribution in [0.15, 0.2) is 24.3 Å². The first-order valence-electron chi connectivity index (χ1n) is 6.35. The summed E-state index contributed by atoms with van der Waals surface area (Å²) in [6.07, 6.45) is 1.78. The summed E-state index contributed by atoms with van der Waals surface area (Å²) in [5.74, 6) is 0.272. The molecule has 0 amide bonds. The van der Waals surface area contributed by atoms with E-state index >= 15 is 0 Å². The summed E-state index contributed by atoms with van der Waals surface area (Å²) in [6.45, 7) is 4.60. The maximum absolute atomic E-state index is 13.6. The van der Waals surface area contributed by atoms with Gasteiger partial charge in [0, 0.05) is 18.6 Å². The Morgan fingerprint density at radius 2 is 2.24 bits per heavy atom. The van der Waals surface area contributed by atoms with Crippen LogP contribution in [0.1, 0.15) is 18.9 Å². The van der Waals surface area contributed by atoms with Crippen molar-refractivity contribution in [1.29, 1.82) is 0 Å². The van der Waals surface area contributed by atoms with Gasteiger partial charge in [-0.1, -0.05) is 25.1 Å². The zero-order valence-corrected chi connectivity index (χ0v) is 10.3. The summed E-state index contributed by atoms with van der Waals surface area (Å²) in [5, 5.41) is 3.47. The van der Waals surface area contributed by atoms with E-state index in [1.807, 2.05) is 12.1 Å². The molecule has 1 aromatic carbocycles. The Balaban J connectivity index is 2.03. The van der Waals surface area contributed by atoms with E-state index in [9.17, 15) is 4.39 Å². The molecule has 3 heteroatoms. The first-order chi connectivity index (χ1) is 8.31. The van der Waals surface area contributed by atoms with Gasteiger partial charge in [0.1, 0.15) is 5.82 Å². The lowest BCUT2D eigenvalue weighted by molar-refractivity contribution is 0.0324. The molecule has 1 heterocycles. The first-order valence-corrected chi connectivity index (χ1v) is 6.35. The number of benzene rings is 1. The minimum absolute atomic E-state index is 0.103. The van der Waals surface area contributed by atoms with Gasteiger partial charge in [-0.3, -0.25) is 0 Å². The summed E-state index contributed by atoms with van der Waals surface area (Å²) < 4.78 is 19.1. The van der Waals surface area contributed by atoms with Crippen molar-refractivity contribution < 1.29 is 9.13 Å². The van der Waals surface area contributed by atoms with Crippen molar-refractivity contribution in [3.05, 3.63) is 35.6 Å². The van der Waals surface area contributed by atoms with Crippen LogP contribution in [0.3, 0.4) is 0 Å². The highest BCUT2D eigenvalue weighted by molar-refractivity contribution is 5.18. The lowest BCUT2D eigenvalue weighted by Crippen LogP contribution is -2.43. The second-order valence-corrected chi connectivity index (χ2v) is 4.58. The molecule has 0 aliphatic carbocycles. The zero-order valence-electron chi connectivity index (χ0n) is 10.3. The average molecular weight is 237 g/mol. The topological polar surface area (TPSA) is 21.3 Å². The summed E-state index contributed by atoms with van der Waals surface area (Å²) in [5.41, 5.74) is 0.797. The SMILES string of the molecule is CCNC1CCOCC1Cc1ccccc1F. The molecule has 1 aromatic rings. The number of hydrogen-bond donors (Lipinski definition) is 1. The Morgan fingerprint density at radius 1 is 1.41 bits per heavy atom. The van der Waals surface area contributed by atoms with Gasteiger partial charge in [0.15, 0.2) is 0 Å². The van der Waals surface area contributed by atoms with Crippen LogP contribution in [0.25, 0.3) is 0 Å². The second kappa shape index (κ2) is 6.12. The molecule has 2 nitrogen and oxygen atoms in total. The van der Waals surface area contributed by atoms with E-state index in [1.54, 1.807) is 6.07 Å². The highest BCUT2D eigenvalue weighted by Gasteiger charge is 2.25. The fraction of sp³-hybridized carbons (Fsp3) is 0.571. The molecule has 1 fully saturated rings. The quantitative estimate of drug-likeness (QED) is 0.868. The maximum Gasteiger partial charge on any atom is 0.126 e. The summed E-state index contributed by atoms with van der Waals surface area (Å²) in [4.78, 5) is 0. The van der Waals surface area contributed by atoms with E-state index < -0.39 is 0 Å². The molecule has 0 aromatic heterocycles. The van der Waals surface area contributed by atoms with Gasteiger partial charge in [-0.05, 0) is 31.0 Å².